The van der Waals surface area contributed by atoms with E-state index in [-0.39, 0.29) is 30.9 Å². The van der Waals surface area contributed by atoms with Gasteiger partial charge in [-0.15, -0.1) is 0 Å². The zero-order valence-electron chi connectivity index (χ0n) is 20.9. The lowest BCUT2D eigenvalue weighted by molar-refractivity contribution is -0.152. The van der Waals surface area contributed by atoms with Gasteiger partial charge < -0.3 is 9.47 Å². The number of benzene rings is 3. The topological polar surface area (TPSA) is 68.2 Å². The first kappa shape index (κ1) is 24.5. The SMILES string of the molecule is COc1cccc(CC(=O)OCC(=O)N2N=C3/C(=C\c4ccccc4)CCC[C@@H]3[C@H]2c2ccccc2)c1. The molecule has 0 saturated heterocycles. The van der Waals surface area contributed by atoms with Crippen molar-refractivity contribution in [3.05, 3.63) is 107 Å². The van der Waals surface area contributed by atoms with Crippen molar-refractivity contribution < 1.29 is 19.1 Å². The minimum Gasteiger partial charge on any atom is -0.497 e. The molecule has 1 saturated carbocycles. The summed E-state index contributed by atoms with van der Waals surface area (Å²) in [5.74, 6) is -0.0231. The normalized spacial score (nSPS) is 19.8. The Bertz CT molecular complexity index is 1320. The number of fused-ring (bicyclic) bond motifs is 1. The Kier molecular flexibility index (Phi) is 7.45. The molecule has 1 heterocycles. The largest absolute Gasteiger partial charge is 0.497 e. The van der Waals surface area contributed by atoms with Crippen LogP contribution in [0.3, 0.4) is 0 Å². The van der Waals surface area contributed by atoms with Crippen molar-refractivity contribution in [2.45, 2.75) is 31.7 Å². The molecule has 0 spiro atoms. The van der Waals surface area contributed by atoms with Crippen LogP contribution in [0.2, 0.25) is 0 Å². The zero-order valence-corrected chi connectivity index (χ0v) is 20.9. The van der Waals surface area contributed by atoms with Gasteiger partial charge in [0.25, 0.3) is 5.91 Å². The highest BCUT2D eigenvalue weighted by Crippen LogP contribution is 2.44. The van der Waals surface area contributed by atoms with Crippen LogP contribution in [0.1, 0.15) is 42.0 Å². The molecule has 1 aliphatic heterocycles. The van der Waals surface area contributed by atoms with Gasteiger partial charge in [0.05, 0.1) is 25.3 Å². The van der Waals surface area contributed by atoms with Crippen LogP contribution in [0.15, 0.2) is 95.6 Å². The van der Waals surface area contributed by atoms with Crippen LogP contribution in [0.25, 0.3) is 6.08 Å². The van der Waals surface area contributed by atoms with E-state index in [4.69, 9.17) is 14.6 Å². The van der Waals surface area contributed by atoms with Gasteiger partial charge in [0.15, 0.2) is 6.61 Å². The lowest BCUT2D eigenvalue weighted by Crippen LogP contribution is -2.34. The van der Waals surface area contributed by atoms with Crippen molar-refractivity contribution >= 4 is 23.7 Å². The lowest BCUT2D eigenvalue weighted by Gasteiger charge is -2.29. The van der Waals surface area contributed by atoms with E-state index < -0.39 is 5.97 Å². The molecule has 37 heavy (non-hydrogen) atoms. The Morgan fingerprint density at radius 1 is 1.00 bits per heavy atom. The first-order valence-corrected chi connectivity index (χ1v) is 12.6. The van der Waals surface area contributed by atoms with E-state index >= 15 is 0 Å². The van der Waals surface area contributed by atoms with Crippen molar-refractivity contribution in [2.75, 3.05) is 13.7 Å². The number of carbonyl (C=O) groups excluding carboxylic acids is 2. The quantitative estimate of drug-likeness (QED) is 0.401. The van der Waals surface area contributed by atoms with Gasteiger partial charge >= 0.3 is 5.97 Å². The molecule has 2 atom stereocenters. The molecule has 0 radical (unpaired) electrons. The highest BCUT2D eigenvalue weighted by atomic mass is 16.5. The molecule has 1 fully saturated rings. The van der Waals surface area contributed by atoms with Crippen molar-refractivity contribution in [3.63, 3.8) is 0 Å². The second-order valence-electron chi connectivity index (χ2n) is 9.35. The van der Waals surface area contributed by atoms with Gasteiger partial charge in [0.1, 0.15) is 5.75 Å². The fourth-order valence-corrected chi connectivity index (χ4v) is 5.15. The van der Waals surface area contributed by atoms with Crippen LogP contribution in [-0.2, 0) is 20.7 Å². The van der Waals surface area contributed by atoms with Gasteiger partial charge in [-0.3, -0.25) is 9.59 Å². The summed E-state index contributed by atoms with van der Waals surface area (Å²) in [6, 6.07) is 27.2. The van der Waals surface area contributed by atoms with Gasteiger partial charge in [-0.25, -0.2) is 5.01 Å². The van der Waals surface area contributed by atoms with E-state index in [1.807, 2.05) is 66.7 Å². The number of hydrazone groups is 1. The monoisotopic (exact) mass is 494 g/mol. The summed E-state index contributed by atoms with van der Waals surface area (Å²) < 4.78 is 10.6. The average molecular weight is 495 g/mol. The first-order chi connectivity index (χ1) is 18.1. The summed E-state index contributed by atoms with van der Waals surface area (Å²) in [6.45, 7) is -0.354. The number of ether oxygens (including phenoxy) is 2. The smallest absolute Gasteiger partial charge is 0.310 e. The van der Waals surface area contributed by atoms with Gasteiger partial charge in [0.2, 0.25) is 0 Å². The second-order valence-corrected chi connectivity index (χ2v) is 9.35. The number of amides is 1. The second kappa shape index (κ2) is 11.2. The summed E-state index contributed by atoms with van der Waals surface area (Å²) in [4.78, 5) is 25.9. The fraction of sp³-hybridized carbons (Fsp3) is 0.258. The van der Waals surface area contributed by atoms with Crippen LogP contribution in [0.4, 0.5) is 0 Å². The number of methoxy groups -OCH3 is 1. The molecular weight excluding hydrogens is 464 g/mol. The molecule has 0 unspecified atom stereocenters. The van der Waals surface area contributed by atoms with E-state index in [2.05, 4.69) is 18.2 Å². The molecule has 0 N–H and O–H groups in total. The number of carbonyl (C=O) groups is 2. The molecule has 6 nitrogen and oxygen atoms in total. The maximum Gasteiger partial charge on any atom is 0.310 e. The minimum absolute atomic E-state index is 0.0632. The highest BCUT2D eigenvalue weighted by molar-refractivity contribution is 6.08. The average Bonchev–Trinajstić information content (AvgIpc) is 3.34. The van der Waals surface area contributed by atoms with Crippen LogP contribution < -0.4 is 4.74 Å². The highest BCUT2D eigenvalue weighted by Gasteiger charge is 2.43. The number of esters is 1. The summed E-state index contributed by atoms with van der Waals surface area (Å²) in [7, 11) is 1.58. The number of nitrogens with zero attached hydrogens (tertiary/aromatic N) is 2. The molecule has 1 aliphatic carbocycles. The molecule has 1 amide bonds. The number of hydrogen-bond donors (Lipinski definition) is 0. The number of rotatable bonds is 7. The minimum atomic E-state index is -0.466. The molecule has 188 valence electrons. The third-order valence-electron chi connectivity index (χ3n) is 6.88. The lowest BCUT2D eigenvalue weighted by atomic mass is 9.77. The Hall–Kier alpha value is -4.19. The number of allylic oxidation sites excluding steroid dienone is 1. The van der Waals surface area contributed by atoms with Crippen molar-refractivity contribution in [2.24, 2.45) is 11.0 Å². The van der Waals surface area contributed by atoms with Crippen LogP contribution in [0, 0.1) is 5.92 Å². The summed E-state index contributed by atoms with van der Waals surface area (Å²) in [6.07, 6.45) is 5.14. The Balaban J connectivity index is 1.35. The van der Waals surface area contributed by atoms with Gasteiger partial charge in [0, 0.05) is 5.92 Å². The van der Waals surface area contributed by atoms with E-state index in [9.17, 15) is 9.59 Å². The predicted octanol–water partition coefficient (Wildman–Crippen LogP) is 5.60. The molecule has 3 aromatic rings. The van der Waals surface area contributed by atoms with E-state index in [0.717, 1.165) is 47.2 Å². The maximum atomic E-state index is 13.4. The molecule has 0 bridgehead atoms. The molecular formula is C31H30N2O4. The fourth-order valence-electron chi connectivity index (χ4n) is 5.15. The van der Waals surface area contributed by atoms with Crippen LogP contribution in [0.5, 0.6) is 5.75 Å². The molecule has 6 heteroatoms. The van der Waals surface area contributed by atoms with Gasteiger partial charge in [-0.1, -0.05) is 72.8 Å². The standard InChI is InChI=1S/C31H30N2O4/c1-36-26-16-8-12-23(19-26)20-29(35)37-21-28(34)33-31(24-13-6-3-7-14-24)27-17-9-15-25(30(27)32-33)18-22-10-4-2-5-11-22/h2-8,10-14,16,18-19,27,31H,9,15,17,20-21H2,1H3/b25-18-/t27-,31+/m0/s1. The van der Waals surface area contributed by atoms with Crippen LogP contribution >= 0.6 is 0 Å². The molecule has 0 aromatic heterocycles. The van der Waals surface area contributed by atoms with Gasteiger partial charge in [-0.05, 0) is 59.7 Å². The van der Waals surface area contributed by atoms with E-state index in [1.54, 1.807) is 13.2 Å². The van der Waals surface area contributed by atoms with E-state index in [0.29, 0.717) is 5.75 Å². The van der Waals surface area contributed by atoms with Crippen molar-refractivity contribution in [1.29, 1.82) is 0 Å². The van der Waals surface area contributed by atoms with Crippen molar-refractivity contribution in [1.82, 2.24) is 5.01 Å². The summed E-state index contributed by atoms with van der Waals surface area (Å²) >= 11 is 0. The Labute approximate surface area is 217 Å². The Morgan fingerprint density at radius 3 is 2.51 bits per heavy atom. The van der Waals surface area contributed by atoms with E-state index in [1.165, 1.54) is 5.01 Å². The maximum absolute atomic E-state index is 13.4. The number of hydrogen-bond acceptors (Lipinski definition) is 5. The summed E-state index contributed by atoms with van der Waals surface area (Å²) in [5.41, 5.74) is 5.03. The third kappa shape index (κ3) is 5.64. The third-order valence-corrected chi connectivity index (χ3v) is 6.88. The first-order valence-electron chi connectivity index (χ1n) is 12.6. The van der Waals surface area contributed by atoms with Crippen LogP contribution in [-0.4, -0.2) is 36.3 Å². The zero-order chi connectivity index (χ0) is 25.6. The molecule has 3 aromatic carbocycles. The van der Waals surface area contributed by atoms with Gasteiger partial charge in [-0.2, -0.15) is 5.10 Å². The predicted molar refractivity (Wildman–Crippen MR) is 143 cm³/mol. The molecule has 5 rings (SSSR count). The summed E-state index contributed by atoms with van der Waals surface area (Å²) in [5, 5.41) is 6.39. The molecule has 2 aliphatic rings. The van der Waals surface area contributed by atoms with Crippen molar-refractivity contribution in [3.8, 4) is 5.75 Å². The Morgan fingerprint density at radius 2 is 1.76 bits per heavy atom.